The van der Waals surface area contributed by atoms with E-state index >= 15 is 0 Å². The predicted molar refractivity (Wildman–Crippen MR) is 80.9 cm³/mol. The molecule has 1 rings (SSSR count). The first-order valence-electron chi connectivity index (χ1n) is 7.47. The van der Waals surface area contributed by atoms with E-state index in [9.17, 15) is 0 Å². The molecule has 0 aliphatic carbocycles. The Hall–Kier alpha value is -0.820. The first kappa shape index (κ1) is 15.2. The normalized spacial score (nSPS) is 14.7. The Morgan fingerprint density at radius 1 is 1.00 bits per heavy atom. The maximum atomic E-state index is 3.75. The van der Waals surface area contributed by atoms with E-state index in [0.717, 1.165) is 5.92 Å². The smallest absolute Gasteiger partial charge is 0.00692 e. The summed E-state index contributed by atoms with van der Waals surface area (Å²) >= 11 is 0. The Balaban J connectivity index is 2.31. The van der Waals surface area contributed by atoms with Crippen LogP contribution in [-0.2, 0) is 6.42 Å². The van der Waals surface area contributed by atoms with Gasteiger partial charge in [-0.15, -0.1) is 0 Å². The zero-order valence-electron chi connectivity index (χ0n) is 12.4. The van der Waals surface area contributed by atoms with Gasteiger partial charge in [-0.05, 0) is 38.2 Å². The van der Waals surface area contributed by atoms with E-state index in [1.54, 1.807) is 0 Å². The minimum Gasteiger partial charge on any atom is -0.311 e. The Morgan fingerprint density at radius 3 is 2.17 bits per heavy atom. The average molecular weight is 247 g/mol. The number of hydrogen-bond acceptors (Lipinski definition) is 1. The molecular weight excluding hydrogens is 218 g/mol. The van der Waals surface area contributed by atoms with Crippen molar-refractivity contribution in [3.05, 3.63) is 35.9 Å². The summed E-state index contributed by atoms with van der Waals surface area (Å²) in [4.78, 5) is 0. The van der Waals surface area contributed by atoms with E-state index in [0.29, 0.717) is 12.1 Å². The molecule has 0 heterocycles. The van der Waals surface area contributed by atoms with Crippen LogP contribution in [0, 0.1) is 5.92 Å². The average Bonchev–Trinajstić information content (AvgIpc) is 2.39. The molecule has 1 aromatic rings. The lowest BCUT2D eigenvalue weighted by Crippen LogP contribution is -2.39. The van der Waals surface area contributed by atoms with E-state index in [1.807, 2.05) is 0 Å². The second-order valence-electron chi connectivity index (χ2n) is 5.46. The monoisotopic (exact) mass is 247 g/mol. The summed E-state index contributed by atoms with van der Waals surface area (Å²) in [6.45, 7) is 9.22. The molecule has 0 saturated heterocycles. The molecule has 0 aliphatic heterocycles. The van der Waals surface area contributed by atoms with Crippen molar-refractivity contribution in [3.63, 3.8) is 0 Å². The number of nitrogens with one attached hydrogen (secondary N) is 1. The number of hydrogen-bond donors (Lipinski definition) is 1. The van der Waals surface area contributed by atoms with E-state index in [2.05, 4.69) is 63.3 Å². The van der Waals surface area contributed by atoms with Crippen molar-refractivity contribution >= 4 is 0 Å². The van der Waals surface area contributed by atoms with Gasteiger partial charge >= 0.3 is 0 Å². The van der Waals surface area contributed by atoms with Gasteiger partial charge in [-0.2, -0.15) is 0 Å². The van der Waals surface area contributed by atoms with Crippen molar-refractivity contribution in [3.8, 4) is 0 Å². The standard InChI is InChI=1S/C17H29N/c1-5-17(6-2)15(4)18-14(3)12-13-16-10-8-7-9-11-16/h7-11,14-15,17-18H,5-6,12-13H2,1-4H3. The van der Waals surface area contributed by atoms with Crippen LogP contribution in [-0.4, -0.2) is 12.1 Å². The van der Waals surface area contributed by atoms with Gasteiger partial charge in [0.15, 0.2) is 0 Å². The molecule has 1 aromatic carbocycles. The predicted octanol–water partition coefficient (Wildman–Crippen LogP) is 4.42. The summed E-state index contributed by atoms with van der Waals surface area (Å²) in [6.07, 6.45) is 4.94. The lowest BCUT2D eigenvalue weighted by Gasteiger charge is -2.26. The molecule has 1 N–H and O–H groups in total. The van der Waals surface area contributed by atoms with Crippen LogP contribution in [0.4, 0.5) is 0 Å². The lowest BCUT2D eigenvalue weighted by atomic mass is 9.94. The third-order valence-corrected chi connectivity index (χ3v) is 4.01. The molecule has 0 radical (unpaired) electrons. The van der Waals surface area contributed by atoms with Crippen molar-refractivity contribution in [2.75, 3.05) is 0 Å². The van der Waals surface area contributed by atoms with Crippen molar-refractivity contribution in [1.82, 2.24) is 5.32 Å². The van der Waals surface area contributed by atoms with Gasteiger partial charge in [-0.1, -0.05) is 57.0 Å². The summed E-state index contributed by atoms with van der Waals surface area (Å²) in [7, 11) is 0. The number of rotatable bonds is 8. The van der Waals surface area contributed by atoms with Gasteiger partial charge in [0.2, 0.25) is 0 Å². The van der Waals surface area contributed by atoms with Gasteiger partial charge in [0.25, 0.3) is 0 Å². The van der Waals surface area contributed by atoms with Crippen molar-refractivity contribution in [1.29, 1.82) is 0 Å². The fraction of sp³-hybridized carbons (Fsp3) is 0.647. The molecule has 2 unspecified atom stereocenters. The molecule has 102 valence electrons. The molecular formula is C17H29N. The summed E-state index contributed by atoms with van der Waals surface area (Å²) < 4.78 is 0. The van der Waals surface area contributed by atoms with Crippen LogP contribution in [0.1, 0.15) is 52.5 Å². The molecule has 0 aromatic heterocycles. The minimum absolute atomic E-state index is 0.598. The van der Waals surface area contributed by atoms with Gasteiger partial charge in [0, 0.05) is 12.1 Å². The zero-order chi connectivity index (χ0) is 13.4. The number of aryl methyl sites for hydroxylation is 1. The molecule has 0 amide bonds. The van der Waals surface area contributed by atoms with E-state index in [1.165, 1.54) is 31.2 Å². The molecule has 0 bridgehead atoms. The molecule has 0 aliphatic rings. The fourth-order valence-electron chi connectivity index (χ4n) is 2.69. The highest BCUT2D eigenvalue weighted by Crippen LogP contribution is 2.14. The second-order valence-corrected chi connectivity index (χ2v) is 5.46. The lowest BCUT2D eigenvalue weighted by molar-refractivity contribution is 0.321. The Bertz CT molecular complexity index is 303. The van der Waals surface area contributed by atoms with Crippen molar-refractivity contribution < 1.29 is 0 Å². The van der Waals surface area contributed by atoms with E-state index in [4.69, 9.17) is 0 Å². The summed E-state index contributed by atoms with van der Waals surface area (Å²) in [5, 5.41) is 3.75. The maximum absolute atomic E-state index is 3.75. The fourth-order valence-corrected chi connectivity index (χ4v) is 2.69. The van der Waals surface area contributed by atoms with Gasteiger partial charge in [-0.3, -0.25) is 0 Å². The molecule has 1 heteroatoms. The summed E-state index contributed by atoms with van der Waals surface area (Å²) in [5.41, 5.74) is 1.45. The van der Waals surface area contributed by atoms with Gasteiger partial charge in [0.1, 0.15) is 0 Å². The van der Waals surface area contributed by atoms with Crippen LogP contribution in [0.25, 0.3) is 0 Å². The Morgan fingerprint density at radius 2 is 1.61 bits per heavy atom. The van der Waals surface area contributed by atoms with Gasteiger partial charge in [0.05, 0.1) is 0 Å². The first-order chi connectivity index (χ1) is 8.67. The van der Waals surface area contributed by atoms with Crippen LogP contribution >= 0.6 is 0 Å². The van der Waals surface area contributed by atoms with Crippen molar-refractivity contribution in [2.45, 2.75) is 65.5 Å². The molecule has 0 spiro atoms. The molecule has 1 nitrogen and oxygen atoms in total. The zero-order valence-corrected chi connectivity index (χ0v) is 12.4. The van der Waals surface area contributed by atoms with Gasteiger partial charge in [-0.25, -0.2) is 0 Å². The van der Waals surface area contributed by atoms with E-state index in [-0.39, 0.29) is 0 Å². The van der Waals surface area contributed by atoms with Crippen LogP contribution in [0.2, 0.25) is 0 Å². The van der Waals surface area contributed by atoms with Crippen LogP contribution < -0.4 is 5.32 Å². The SMILES string of the molecule is CCC(CC)C(C)NC(C)CCc1ccccc1. The summed E-state index contributed by atoms with van der Waals surface area (Å²) in [6, 6.07) is 12.0. The summed E-state index contributed by atoms with van der Waals surface area (Å²) in [5.74, 6) is 0.809. The van der Waals surface area contributed by atoms with E-state index < -0.39 is 0 Å². The molecule has 18 heavy (non-hydrogen) atoms. The van der Waals surface area contributed by atoms with Crippen LogP contribution in [0.5, 0.6) is 0 Å². The molecule has 0 saturated carbocycles. The molecule has 2 atom stereocenters. The quantitative estimate of drug-likeness (QED) is 0.717. The van der Waals surface area contributed by atoms with Crippen LogP contribution in [0.15, 0.2) is 30.3 Å². The highest BCUT2D eigenvalue weighted by molar-refractivity contribution is 5.14. The first-order valence-corrected chi connectivity index (χ1v) is 7.47. The third kappa shape index (κ3) is 5.22. The minimum atomic E-state index is 0.598. The highest BCUT2D eigenvalue weighted by atomic mass is 14.9. The third-order valence-electron chi connectivity index (χ3n) is 4.01. The Kier molecular flexibility index (Phi) is 7.04. The second kappa shape index (κ2) is 8.31. The molecule has 0 fully saturated rings. The van der Waals surface area contributed by atoms with Crippen LogP contribution in [0.3, 0.4) is 0 Å². The maximum Gasteiger partial charge on any atom is 0.00692 e. The highest BCUT2D eigenvalue weighted by Gasteiger charge is 2.15. The topological polar surface area (TPSA) is 12.0 Å². The van der Waals surface area contributed by atoms with Crippen molar-refractivity contribution in [2.24, 2.45) is 5.92 Å². The Labute approximate surface area is 113 Å². The number of benzene rings is 1. The van der Waals surface area contributed by atoms with Gasteiger partial charge < -0.3 is 5.32 Å². The largest absolute Gasteiger partial charge is 0.311 e.